The van der Waals surface area contributed by atoms with Crippen LogP contribution in [0.4, 0.5) is 5.69 Å². The quantitative estimate of drug-likeness (QED) is 0.755. The van der Waals surface area contributed by atoms with Crippen LogP contribution in [0.2, 0.25) is 0 Å². The maximum atomic E-state index is 12.2. The Kier molecular flexibility index (Phi) is 5.00. The minimum Gasteiger partial charge on any atom is -0.396 e. The number of hydrogen-bond acceptors (Lipinski definition) is 3. The average Bonchev–Trinajstić information content (AvgIpc) is 2.42. The Labute approximate surface area is 132 Å². The molecular weight excluding hydrogens is 389 g/mol. The number of anilines is 1. The molecule has 0 radical (unpaired) electrons. The molecule has 2 aromatic carbocycles. The molecule has 0 saturated heterocycles. The highest BCUT2D eigenvalue weighted by Crippen LogP contribution is 2.17. The van der Waals surface area contributed by atoms with Crippen molar-refractivity contribution in [1.82, 2.24) is 0 Å². The summed E-state index contributed by atoms with van der Waals surface area (Å²) in [6, 6.07) is 13.6. The lowest BCUT2D eigenvalue weighted by Gasteiger charge is -2.08. The summed E-state index contributed by atoms with van der Waals surface area (Å²) in [7, 11) is -3.57. The second kappa shape index (κ2) is 6.55. The molecule has 0 aliphatic rings. The van der Waals surface area contributed by atoms with Gasteiger partial charge in [0.1, 0.15) is 0 Å². The summed E-state index contributed by atoms with van der Waals surface area (Å²) in [4.78, 5) is 0.206. The van der Waals surface area contributed by atoms with Crippen molar-refractivity contribution in [2.24, 2.45) is 0 Å². The maximum Gasteiger partial charge on any atom is 0.261 e. The first-order valence-electron chi connectivity index (χ1n) is 5.99. The van der Waals surface area contributed by atoms with E-state index in [1.165, 1.54) is 0 Å². The van der Waals surface area contributed by atoms with E-state index in [2.05, 4.69) is 27.3 Å². The molecule has 0 fully saturated rings. The molecule has 0 amide bonds. The molecule has 2 N–H and O–H groups in total. The number of nitrogens with one attached hydrogen (secondary N) is 1. The number of aliphatic hydroxyl groups is 1. The van der Waals surface area contributed by atoms with Crippen molar-refractivity contribution in [3.8, 4) is 0 Å². The van der Waals surface area contributed by atoms with E-state index in [9.17, 15) is 8.42 Å². The number of hydrogen-bond donors (Lipinski definition) is 2. The molecule has 0 spiro atoms. The van der Waals surface area contributed by atoms with Crippen LogP contribution in [0, 0.1) is 3.57 Å². The van der Waals surface area contributed by atoms with Gasteiger partial charge in [-0.15, -0.1) is 0 Å². The predicted molar refractivity (Wildman–Crippen MR) is 87.2 cm³/mol. The second-order valence-corrected chi connectivity index (χ2v) is 7.16. The van der Waals surface area contributed by atoms with Gasteiger partial charge in [-0.2, -0.15) is 0 Å². The van der Waals surface area contributed by atoms with Gasteiger partial charge in [-0.3, -0.25) is 4.72 Å². The van der Waals surface area contributed by atoms with Gasteiger partial charge >= 0.3 is 0 Å². The number of benzene rings is 2. The Balaban J connectivity index is 2.19. The van der Waals surface area contributed by atoms with Crippen LogP contribution in [0.1, 0.15) is 5.56 Å². The zero-order valence-corrected chi connectivity index (χ0v) is 13.6. The molecule has 20 heavy (non-hydrogen) atoms. The molecule has 0 bridgehead atoms. The van der Waals surface area contributed by atoms with Crippen LogP contribution in [-0.2, 0) is 16.4 Å². The van der Waals surface area contributed by atoms with E-state index in [-0.39, 0.29) is 11.5 Å². The summed E-state index contributed by atoms with van der Waals surface area (Å²) in [6.07, 6.45) is 0.519. The van der Waals surface area contributed by atoms with Crippen molar-refractivity contribution in [2.45, 2.75) is 11.3 Å². The Hall–Kier alpha value is -1.12. The van der Waals surface area contributed by atoms with E-state index < -0.39 is 10.0 Å². The van der Waals surface area contributed by atoms with Gasteiger partial charge in [0.2, 0.25) is 0 Å². The van der Waals surface area contributed by atoms with Gasteiger partial charge in [-0.05, 0) is 71.0 Å². The van der Waals surface area contributed by atoms with Crippen LogP contribution in [0.25, 0.3) is 0 Å². The molecule has 0 aromatic heterocycles. The number of aliphatic hydroxyl groups excluding tert-OH is 1. The van der Waals surface area contributed by atoms with Crippen molar-refractivity contribution < 1.29 is 13.5 Å². The average molecular weight is 403 g/mol. The summed E-state index contributed by atoms with van der Waals surface area (Å²) < 4.78 is 28.0. The molecule has 0 atom stereocenters. The van der Waals surface area contributed by atoms with Gasteiger partial charge in [0.25, 0.3) is 10.0 Å². The summed E-state index contributed by atoms with van der Waals surface area (Å²) in [5.74, 6) is 0. The van der Waals surface area contributed by atoms with Gasteiger partial charge < -0.3 is 5.11 Å². The Bertz CT molecular complexity index is 667. The maximum absolute atomic E-state index is 12.2. The lowest BCUT2D eigenvalue weighted by molar-refractivity contribution is 0.299. The minimum absolute atomic E-state index is 0.0486. The molecular formula is C14H14INO3S. The SMILES string of the molecule is O=S(=O)(Nc1ccc(I)cc1)c1ccc(CCO)cc1. The Morgan fingerprint density at radius 3 is 2.15 bits per heavy atom. The van der Waals surface area contributed by atoms with E-state index in [4.69, 9.17) is 5.11 Å². The molecule has 0 saturated carbocycles. The third kappa shape index (κ3) is 3.94. The van der Waals surface area contributed by atoms with Gasteiger partial charge in [0.15, 0.2) is 0 Å². The fourth-order valence-corrected chi connectivity index (χ4v) is 3.11. The Morgan fingerprint density at radius 1 is 1.00 bits per heavy atom. The molecule has 0 unspecified atom stereocenters. The molecule has 0 aliphatic carbocycles. The van der Waals surface area contributed by atoms with Gasteiger partial charge in [-0.1, -0.05) is 12.1 Å². The number of halogens is 1. The number of rotatable bonds is 5. The van der Waals surface area contributed by atoms with Crippen LogP contribution in [0.15, 0.2) is 53.4 Å². The highest BCUT2D eigenvalue weighted by molar-refractivity contribution is 14.1. The molecule has 0 aliphatic heterocycles. The molecule has 4 nitrogen and oxygen atoms in total. The molecule has 2 aromatic rings. The molecule has 6 heteroatoms. The molecule has 0 heterocycles. The molecule has 2 rings (SSSR count). The largest absolute Gasteiger partial charge is 0.396 e. The zero-order chi connectivity index (χ0) is 14.6. The van der Waals surface area contributed by atoms with Crippen molar-refractivity contribution in [2.75, 3.05) is 11.3 Å². The first kappa shape index (κ1) is 15.3. The van der Waals surface area contributed by atoms with Crippen LogP contribution >= 0.6 is 22.6 Å². The summed E-state index contributed by atoms with van der Waals surface area (Å²) >= 11 is 2.16. The van der Waals surface area contributed by atoms with E-state index >= 15 is 0 Å². The first-order valence-corrected chi connectivity index (χ1v) is 8.55. The van der Waals surface area contributed by atoms with E-state index in [0.717, 1.165) is 9.13 Å². The van der Waals surface area contributed by atoms with Crippen molar-refractivity contribution in [3.63, 3.8) is 0 Å². The summed E-state index contributed by atoms with van der Waals surface area (Å²) in [6.45, 7) is 0.0486. The summed E-state index contributed by atoms with van der Waals surface area (Å²) in [5.41, 5.74) is 1.44. The van der Waals surface area contributed by atoms with E-state index in [1.54, 1.807) is 36.4 Å². The van der Waals surface area contributed by atoms with Crippen molar-refractivity contribution in [3.05, 3.63) is 57.7 Å². The van der Waals surface area contributed by atoms with E-state index in [0.29, 0.717) is 12.1 Å². The van der Waals surface area contributed by atoms with Gasteiger partial charge in [0, 0.05) is 15.9 Å². The topological polar surface area (TPSA) is 66.4 Å². The lowest BCUT2D eigenvalue weighted by Crippen LogP contribution is -2.12. The first-order chi connectivity index (χ1) is 9.51. The van der Waals surface area contributed by atoms with Crippen LogP contribution < -0.4 is 4.72 Å². The van der Waals surface area contributed by atoms with Gasteiger partial charge in [-0.25, -0.2) is 8.42 Å². The fraction of sp³-hybridized carbons (Fsp3) is 0.143. The standard InChI is InChI=1S/C14H14INO3S/c15-12-3-5-13(6-4-12)16-20(18,19)14-7-1-11(2-8-14)9-10-17/h1-8,16-17H,9-10H2. The highest BCUT2D eigenvalue weighted by atomic mass is 127. The zero-order valence-electron chi connectivity index (χ0n) is 10.6. The smallest absolute Gasteiger partial charge is 0.261 e. The van der Waals surface area contributed by atoms with Crippen LogP contribution in [0.3, 0.4) is 0 Å². The lowest BCUT2D eigenvalue weighted by atomic mass is 10.2. The summed E-state index contributed by atoms with van der Waals surface area (Å²) in [5, 5.41) is 8.83. The fourth-order valence-electron chi connectivity index (χ4n) is 1.70. The second-order valence-electron chi connectivity index (χ2n) is 4.23. The van der Waals surface area contributed by atoms with Crippen molar-refractivity contribution >= 4 is 38.3 Å². The monoisotopic (exact) mass is 403 g/mol. The number of sulfonamides is 1. The minimum atomic E-state index is -3.57. The third-order valence-corrected chi connectivity index (χ3v) is 4.85. The third-order valence-electron chi connectivity index (χ3n) is 2.73. The predicted octanol–water partition coefficient (Wildman–Crippen LogP) is 2.63. The van der Waals surface area contributed by atoms with E-state index in [1.807, 2.05) is 12.1 Å². The van der Waals surface area contributed by atoms with Crippen LogP contribution in [-0.4, -0.2) is 20.1 Å². The normalized spacial score (nSPS) is 11.3. The van der Waals surface area contributed by atoms with Crippen molar-refractivity contribution in [1.29, 1.82) is 0 Å². The highest BCUT2D eigenvalue weighted by Gasteiger charge is 2.13. The molecule has 106 valence electrons. The van der Waals surface area contributed by atoms with Crippen LogP contribution in [0.5, 0.6) is 0 Å². The Morgan fingerprint density at radius 2 is 1.60 bits per heavy atom. The van der Waals surface area contributed by atoms with Gasteiger partial charge in [0.05, 0.1) is 4.90 Å².